The van der Waals surface area contributed by atoms with Gasteiger partial charge in [-0.15, -0.1) is 0 Å². The smallest absolute Gasteiger partial charge is 0.325 e. The van der Waals surface area contributed by atoms with E-state index in [0.29, 0.717) is 0 Å². The van der Waals surface area contributed by atoms with Crippen LogP contribution in [0.4, 0.5) is 0 Å². The van der Waals surface area contributed by atoms with E-state index in [-0.39, 0.29) is 5.97 Å². The van der Waals surface area contributed by atoms with Gasteiger partial charge in [0, 0.05) is 0 Å². The predicted octanol–water partition coefficient (Wildman–Crippen LogP) is 4.97. The van der Waals surface area contributed by atoms with E-state index < -0.39 is 5.54 Å². The van der Waals surface area contributed by atoms with Crippen LogP contribution in [0.2, 0.25) is 0 Å². The number of rotatable bonds is 14. The maximum absolute atomic E-state index is 11.4. The topological polar surface area (TPSA) is 52.3 Å². The first-order valence-corrected chi connectivity index (χ1v) is 8.92. The van der Waals surface area contributed by atoms with Gasteiger partial charge in [0.05, 0.1) is 7.11 Å². The molecule has 0 saturated heterocycles. The Labute approximate surface area is 132 Å². The lowest BCUT2D eigenvalue weighted by atomic mass is 9.95. The molecule has 126 valence electrons. The van der Waals surface area contributed by atoms with Crippen LogP contribution in [0.5, 0.6) is 0 Å². The van der Waals surface area contributed by atoms with Crippen LogP contribution in [0.1, 0.15) is 97.3 Å². The highest BCUT2D eigenvalue weighted by Gasteiger charge is 2.28. The summed E-state index contributed by atoms with van der Waals surface area (Å²) in [6.45, 7) is 4.02. The fourth-order valence-corrected chi connectivity index (χ4v) is 2.67. The number of hydrogen-bond donors (Lipinski definition) is 1. The summed E-state index contributed by atoms with van der Waals surface area (Å²) in [7, 11) is 1.40. The van der Waals surface area contributed by atoms with Gasteiger partial charge in [-0.05, 0) is 13.3 Å². The molecule has 21 heavy (non-hydrogen) atoms. The van der Waals surface area contributed by atoms with Crippen LogP contribution in [0.15, 0.2) is 0 Å². The van der Waals surface area contributed by atoms with Crippen molar-refractivity contribution in [2.75, 3.05) is 7.11 Å². The lowest BCUT2D eigenvalue weighted by Crippen LogP contribution is -2.45. The van der Waals surface area contributed by atoms with Gasteiger partial charge in [-0.3, -0.25) is 4.79 Å². The van der Waals surface area contributed by atoms with Crippen molar-refractivity contribution in [1.82, 2.24) is 0 Å². The Hall–Kier alpha value is -0.570. The van der Waals surface area contributed by atoms with Gasteiger partial charge in [0.15, 0.2) is 0 Å². The molecule has 1 atom stereocenters. The highest BCUT2D eigenvalue weighted by Crippen LogP contribution is 2.16. The first-order valence-electron chi connectivity index (χ1n) is 8.92. The van der Waals surface area contributed by atoms with E-state index in [2.05, 4.69) is 6.92 Å². The summed E-state index contributed by atoms with van der Waals surface area (Å²) in [6, 6.07) is 0. The molecule has 0 aliphatic heterocycles. The van der Waals surface area contributed by atoms with Gasteiger partial charge >= 0.3 is 5.97 Å². The number of ether oxygens (including phenoxy) is 1. The van der Waals surface area contributed by atoms with Crippen molar-refractivity contribution in [1.29, 1.82) is 0 Å². The van der Waals surface area contributed by atoms with E-state index in [0.717, 1.165) is 12.8 Å². The summed E-state index contributed by atoms with van der Waals surface area (Å²) in [5.41, 5.74) is 5.11. The van der Waals surface area contributed by atoms with Crippen LogP contribution in [-0.4, -0.2) is 18.6 Å². The van der Waals surface area contributed by atoms with E-state index in [1.165, 1.54) is 77.7 Å². The number of carbonyl (C=O) groups is 1. The van der Waals surface area contributed by atoms with Gasteiger partial charge in [0.25, 0.3) is 0 Å². The van der Waals surface area contributed by atoms with E-state index in [1.807, 2.05) is 0 Å². The molecule has 0 bridgehead atoms. The highest BCUT2D eigenvalue weighted by molar-refractivity contribution is 5.79. The monoisotopic (exact) mass is 299 g/mol. The molecule has 0 saturated carbocycles. The van der Waals surface area contributed by atoms with Gasteiger partial charge in [0.2, 0.25) is 0 Å². The minimum absolute atomic E-state index is 0.300. The first kappa shape index (κ1) is 20.4. The molecule has 0 amide bonds. The van der Waals surface area contributed by atoms with Crippen molar-refractivity contribution in [2.24, 2.45) is 5.73 Å². The van der Waals surface area contributed by atoms with E-state index in [4.69, 9.17) is 10.5 Å². The van der Waals surface area contributed by atoms with Crippen LogP contribution in [0, 0.1) is 0 Å². The summed E-state index contributed by atoms with van der Waals surface area (Å²) < 4.78 is 4.71. The van der Waals surface area contributed by atoms with Gasteiger partial charge < -0.3 is 10.5 Å². The zero-order chi connectivity index (χ0) is 16.0. The summed E-state index contributed by atoms with van der Waals surface area (Å²) in [6.07, 6.45) is 16.6. The molecule has 0 aliphatic carbocycles. The Morgan fingerprint density at radius 3 is 1.62 bits per heavy atom. The molecule has 3 heteroatoms. The van der Waals surface area contributed by atoms with Crippen LogP contribution >= 0.6 is 0 Å². The minimum Gasteiger partial charge on any atom is -0.468 e. The maximum atomic E-state index is 11.4. The maximum Gasteiger partial charge on any atom is 0.325 e. The molecule has 2 N–H and O–H groups in total. The average Bonchev–Trinajstić information content (AvgIpc) is 2.47. The molecule has 0 aromatic rings. The third-order valence-electron chi connectivity index (χ3n) is 4.20. The minimum atomic E-state index is -0.812. The summed E-state index contributed by atoms with van der Waals surface area (Å²) in [5.74, 6) is -0.300. The second-order valence-electron chi connectivity index (χ2n) is 6.55. The van der Waals surface area contributed by atoms with Gasteiger partial charge in [0.1, 0.15) is 5.54 Å². The Bertz CT molecular complexity index is 252. The van der Waals surface area contributed by atoms with Crippen LogP contribution in [0.3, 0.4) is 0 Å². The zero-order valence-corrected chi connectivity index (χ0v) is 14.6. The number of methoxy groups -OCH3 is 1. The molecule has 0 radical (unpaired) electrons. The number of nitrogens with two attached hydrogens (primary N) is 1. The van der Waals surface area contributed by atoms with Crippen LogP contribution in [-0.2, 0) is 9.53 Å². The van der Waals surface area contributed by atoms with Crippen molar-refractivity contribution >= 4 is 5.97 Å². The van der Waals surface area contributed by atoms with Crippen LogP contribution < -0.4 is 5.73 Å². The first-order chi connectivity index (χ1) is 10.0. The molecule has 3 nitrogen and oxygen atoms in total. The molecular weight excluding hydrogens is 262 g/mol. The molecular formula is C18H37NO2. The Kier molecular flexibility index (Phi) is 12.8. The third kappa shape index (κ3) is 11.7. The summed E-state index contributed by atoms with van der Waals surface area (Å²) in [5, 5.41) is 0. The molecule has 0 rings (SSSR count). The SMILES string of the molecule is CCCCCCCCCCCCCCC(C)(N)C(=O)OC. The van der Waals surface area contributed by atoms with E-state index in [1.54, 1.807) is 6.92 Å². The standard InChI is InChI=1S/C18H37NO2/c1-4-5-6-7-8-9-10-11-12-13-14-15-16-18(2,19)17(20)21-3/h4-16,19H2,1-3H3. The van der Waals surface area contributed by atoms with Crippen molar-refractivity contribution in [2.45, 2.75) is 103 Å². The van der Waals surface area contributed by atoms with Crippen LogP contribution in [0.25, 0.3) is 0 Å². The second-order valence-corrected chi connectivity index (χ2v) is 6.55. The van der Waals surface area contributed by atoms with E-state index in [9.17, 15) is 4.79 Å². The fraction of sp³-hybridized carbons (Fsp3) is 0.944. The highest BCUT2D eigenvalue weighted by atomic mass is 16.5. The zero-order valence-electron chi connectivity index (χ0n) is 14.6. The largest absolute Gasteiger partial charge is 0.468 e. The van der Waals surface area contributed by atoms with Gasteiger partial charge in [-0.2, -0.15) is 0 Å². The van der Waals surface area contributed by atoms with Crippen molar-refractivity contribution in [3.8, 4) is 0 Å². The molecule has 0 aromatic carbocycles. The molecule has 0 aliphatic rings. The number of unbranched alkanes of at least 4 members (excludes halogenated alkanes) is 11. The molecule has 0 aromatic heterocycles. The quantitative estimate of drug-likeness (QED) is 0.364. The summed E-state index contributed by atoms with van der Waals surface area (Å²) >= 11 is 0. The van der Waals surface area contributed by atoms with Crippen molar-refractivity contribution < 1.29 is 9.53 Å². The average molecular weight is 299 g/mol. The van der Waals surface area contributed by atoms with Gasteiger partial charge in [-0.25, -0.2) is 0 Å². The lowest BCUT2D eigenvalue weighted by molar-refractivity contribution is -0.146. The Morgan fingerprint density at radius 1 is 0.857 bits per heavy atom. The molecule has 0 spiro atoms. The van der Waals surface area contributed by atoms with E-state index >= 15 is 0 Å². The molecule has 0 fully saturated rings. The number of hydrogen-bond acceptors (Lipinski definition) is 3. The normalized spacial score (nSPS) is 13.9. The summed E-state index contributed by atoms with van der Waals surface area (Å²) in [4.78, 5) is 11.4. The second kappa shape index (κ2) is 13.1. The Balaban J connectivity index is 3.28. The molecule has 1 unspecified atom stereocenters. The molecule has 0 heterocycles. The van der Waals surface area contributed by atoms with Gasteiger partial charge in [-0.1, -0.05) is 84.0 Å². The number of carbonyl (C=O) groups excluding carboxylic acids is 1. The third-order valence-corrected chi connectivity index (χ3v) is 4.20. The number of esters is 1. The lowest BCUT2D eigenvalue weighted by Gasteiger charge is -2.20. The Morgan fingerprint density at radius 2 is 1.24 bits per heavy atom. The fourth-order valence-electron chi connectivity index (χ4n) is 2.67. The predicted molar refractivity (Wildman–Crippen MR) is 90.3 cm³/mol. The van der Waals surface area contributed by atoms with Crippen molar-refractivity contribution in [3.05, 3.63) is 0 Å². The van der Waals surface area contributed by atoms with Crippen molar-refractivity contribution in [3.63, 3.8) is 0 Å².